The molecular formula is C14H19N5O. The van der Waals surface area contributed by atoms with Gasteiger partial charge in [-0.25, -0.2) is 9.67 Å². The Labute approximate surface area is 118 Å². The highest BCUT2D eigenvalue weighted by Crippen LogP contribution is 2.07. The molecule has 0 aliphatic rings. The van der Waals surface area contributed by atoms with E-state index in [0.717, 1.165) is 18.7 Å². The number of pyridine rings is 1. The van der Waals surface area contributed by atoms with Crippen molar-refractivity contribution in [2.75, 3.05) is 20.6 Å². The molecule has 6 heteroatoms. The molecule has 0 aliphatic carbocycles. The summed E-state index contributed by atoms with van der Waals surface area (Å²) in [6.45, 7) is 3.79. The van der Waals surface area contributed by atoms with Crippen molar-refractivity contribution in [2.45, 2.75) is 13.5 Å². The highest BCUT2D eigenvalue weighted by atomic mass is 16.2. The quantitative estimate of drug-likeness (QED) is 0.885. The van der Waals surface area contributed by atoms with E-state index in [9.17, 15) is 4.79 Å². The summed E-state index contributed by atoms with van der Waals surface area (Å²) in [5.41, 5.74) is 1.53. The summed E-state index contributed by atoms with van der Waals surface area (Å²) < 4.78 is 1.60. The monoisotopic (exact) mass is 273 g/mol. The van der Waals surface area contributed by atoms with Crippen LogP contribution in [-0.4, -0.2) is 46.2 Å². The van der Waals surface area contributed by atoms with Crippen LogP contribution >= 0.6 is 0 Å². The number of nitrogens with one attached hydrogen (secondary N) is 1. The summed E-state index contributed by atoms with van der Waals surface area (Å²) in [4.78, 5) is 17.6. The van der Waals surface area contributed by atoms with Crippen LogP contribution in [0.3, 0.4) is 0 Å². The van der Waals surface area contributed by atoms with Crippen LogP contribution in [0.1, 0.15) is 23.0 Å². The minimum Gasteiger partial charge on any atom is -0.343 e. The van der Waals surface area contributed by atoms with Gasteiger partial charge < -0.3 is 10.2 Å². The third-order valence-corrected chi connectivity index (χ3v) is 2.84. The molecule has 0 spiro atoms. The average Bonchev–Trinajstić information content (AvgIpc) is 2.94. The first-order chi connectivity index (χ1) is 9.61. The maximum atomic E-state index is 11.8. The molecular weight excluding hydrogens is 254 g/mol. The van der Waals surface area contributed by atoms with Gasteiger partial charge in [-0.05, 0) is 24.2 Å². The van der Waals surface area contributed by atoms with E-state index in [-0.39, 0.29) is 5.91 Å². The molecule has 0 unspecified atom stereocenters. The molecule has 6 nitrogen and oxygen atoms in total. The Balaban J connectivity index is 2.14. The number of rotatable bonds is 5. The van der Waals surface area contributed by atoms with Gasteiger partial charge in [0.2, 0.25) is 0 Å². The van der Waals surface area contributed by atoms with Crippen molar-refractivity contribution in [3.05, 3.63) is 41.9 Å². The summed E-state index contributed by atoms with van der Waals surface area (Å²) in [6, 6.07) is 5.58. The van der Waals surface area contributed by atoms with E-state index < -0.39 is 0 Å². The van der Waals surface area contributed by atoms with Gasteiger partial charge in [-0.1, -0.05) is 13.0 Å². The Hall–Kier alpha value is -2.21. The first-order valence-electron chi connectivity index (χ1n) is 6.55. The molecule has 2 rings (SSSR count). The van der Waals surface area contributed by atoms with Gasteiger partial charge in [0, 0.05) is 33.0 Å². The van der Waals surface area contributed by atoms with Gasteiger partial charge in [0.25, 0.3) is 5.91 Å². The molecule has 0 aromatic carbocycles. The maximum Gasteiger partial charge on any atom is 0.273 e. The van der Waals surface area contributed by atoms with Gasteiger partial charge >= 0.3 is 0 Å². The first kappa shape index (κ1) is 14.2. The van der Waals surface area contributed by atoms with Crippen LogP contribution in [0, 0.1) is 0 Å². The minimum absolute atomic E-state index is 0.118. The number of nitrogens with zero attached hydrogens (tertiary/aromatic N) is 4. The predicted octanol–water partition coefficient (Wildman–Crippen LogP) is 1.08. The van der Waals surface area contributed by atoms with Gasteiger partial charge in [0.05, 0.1) is 0 Å². The highest BCUT2D eigenvalue weighted by molar-refractivity contribution is 5.91. The lowest BCUT2D eigenvalue weighted by Gasteiger charge is -2.07. The van der Waals surface area contributed by atoms with Crippen molar-refractivity contribution in [1.29, 1.82) is 0 Å². The third kappa shape index (κ3) is 3.21. The third-order valence-electron chi connectivity index (χ3n) is 2.84. The normalized spacial score (nSPS) is 10.6. The van der Waals surface area contributed by atoms with Crippen LogP contribution in [0.4, 0.5) is 0 Å². The molecule has 0 saturated carbocycles. The molecule has 0 atom stereocenters. The van der Waals surface area contributed by atoms with Crippen LogP contribution in [0.2, 0.25) is 0 Å². The second-order valence-electron chi connectivity index (χ2n) is 4.65. The van der Waals surface area contributed by atoms with E-state index in [2.05, 4.69) is 22.3 Å². The zero-order valence-corrected chi connectivity index (χ0v) is 12.0. The lowest BCUT2D eigenvalue weighted by atomic mass is 10.3. The summed E-state index contributed by atoms with van der Waals surface area (Å²) >= 11 is 0. The molecule has 0 radical (unpaired) electrons. The fraction of sp³-hybridized carbons (Fsp3) is 0.357. The summed E-state index contributed by atoms with van der Waals surface area (Å²) in [5.74, 6) is 0.579. The average molecular weight is 273 g/mol. The Bertz CT molecular complexity index is 574. The SMILES string of the molecule is CCNCc1ccc(-n2ccc(C(=O)N(C)C)n2)nc1. The molecule has 1 N–H and O–H groups in total. The second kappa shape index (κ2) is 6.29. The molecule has 2 heterocycles. The van der Waals surface area contributed by atoms with Crippen molar-refractivity contribution in [3.63, 3.8) is 0 Å². The summed E-state index contributed by atoms with van der Waals surface area (Å²) in [5, 5.41) is 7.48. The maximum absolute atomic E-state index is 11.8. The van der Waals surface area contributed by atoms with E-state index >= 15 is 0 Å². The van der Waals surface area contributed by atoms with Gasteiger partial charge in [0.1, 0.15) is 0 Å². The molecule has 0 bridgehead atoms. The van der Waals surface area contributed by atoms with Crippen molar-refractivity contribution < 1.29 is 4.79 Å². The number of aromatic nitrogens is 3. The van der Waals surface area contributed by atoms with Gasteiger partial charge in [-0.3, -0.25) is 4.79 Å². The molecule has 0 aliphatic heterocycles. The first-order valence-corrected chi connectivity index (χ1v) is 6.55. The molecule has 0 fully saturated rings. The molecule has 0 saturated heterocycles. The molecule has 106 valence electrons. The number of carbonyl (C=O) groups is 1. The van der Waals surface area contributed by atoms with Gasteiger partial charge in [-0.15, -0.1) is 0 Å². The number of carbonyl (C=O) groups excluding carboxylic acids is 1. The largest absolute Gasteiger partial charge is 0.343 e. The Morgan fingerprint density at radius 3 is 2.75 bits per heavy atom. The van der Waals surface area contributed by atoms with Crippen LogP contribution in [0.15, 0.2) is 30.6 Å². The molecule has 1 amide bonds. The molecule has 2 aromatic heterocycles. The topological polar surface area (TPSA) is 63.1 Å². The van der Waals surface area contributed by atoms with E-state index in [4.69, 9.17) is 0 Å². The van der Waals surface area contributed by atoms with E-state index in [0.29, 0.717) is 11.5 Å². The minimum atomic E-state index is -0.118. The Morgan fingerprint density at radius 2 is 2.15 bits per heavy atom. The Kier molecular flexibility index (Phi) is 4.47. The second-order valence-corrected chi connectivity index (χ2v) is 4.65. The predicted molar refractivity (Wildman–Crippen MR) is 76.8 cm³/mol. The van der Waals surface area contributed by atoms with E-state index in [1.54, 1.807) is 31.0 Å². The molecule has 2 aromatic rings. The number of amides is 1. The lowest BCUT2D eigenvalue weighted by Crippen LogP contribution is -2.22. The van der Waals surface area contributed by atoms with Crippen molar-refractivity contribution in [2.24, 2.45) is 0 Å². The lowest BCUT2D eigenvalue weighted by molar-refractivity contribution is 0.0821. The van der Waals surface area contributed by atoms with Crippen LogP contribution in [0.25, 0.3) is 5.82 Å². The zero-order valence-electron chi connectivity index (χ0n) is 12.0. The van der Waals surface area contributed by atoms with E-state index in [1.807, 2.05) is 18.3 Å². The van der Waals surface area contributed by atoms with Crippen LogP contribution < -0.4 is 5.32 Å². The Morgan fingerprint density at radius 1 is 1.35 bits per heavy atom. The highest BCUT2D eigenvalue weighted by Gasteiger charge is 2.12. The van der Waals surface area contributed by atoms with Crippen molar-refractivity contribution in [3.8, 4) is 5.82 Å². The standard InChI is InChI=1S/C14H19N5O/c1-4-15-9-11-5-6-13(16-10-11)19-8-7-12(17-19)14(20)18(2)3/h5-8,10,15H,4,9H2,1-3H3. The van der Waals surface area contributed by atoms with Crippen molar-refractivity contribution in [1.82, 2.24) is 25.0 Å². The fourth-order valence-corrected chi connectivity index (χ4v) is 1.72. The number of hydrogen-bond donors (Lipinski definition) is 1. The van der Waals surface area contributed by atoms with Gasteiger partial charge in [0.15, 0.2) is 11.5 Å². The smallest absolute Gasteiger partial charge is 0.273 e. The number of hydrogen-bond acceptors (Lipinski definition) is 4. The van der Waals surface area contributed by atoms with Crippen LogP contribution in [0.5, 0.6) is 0 Å². The van der Waals surface area contributed by atoms with Crippen molar-refractivity contribution >= 4 is 5.91 Å². The zero-order chi connectivity index (χ0) is 14.5. The van der Waals surface area contributed by atoms with Crippen LogP contribution in [-0.2, 0) is 6.54 Å². The fourth-order valence-electron chi connectivity index (χ4n) is 1.72. The van der Waals surface area contributed by atoms with Gasteiger partial charge in [-0.2, -0.15) is 5.10 Å². The van der Waals surface area contributed by atoms with E-state index in [1.165, 1.54) is 4.90 Å². The molecule has 20 heavy (non-hydrogen) atoms. The summed E-state index contributed by atoms with van der Waals surface area (Å²) in [6.07, 6.45) is 3.55. The summed E-state index contributed by atoms with van der Waals surface area (Å²) in [7, 11) is 3.41.